The fourth-order valence-corrected chi connectivity index (χ4v) is 2.19. The summed E-state index contributed by atoms with van der Waals surface area (Å²) in [6.45, 7) is 4.85. The minimum atomic E-state index is 0.411. The molecule has 0 unspecified atom stereocenters. The topological polar surface area (TPSA) is 47.0 Å². The van der Waals surface area contributed by atoms with Gasteiger partial charge in [0, 0.05) is 23.1 Å². The average Bonchev–Trinajstić information content (AvgIpc) is 2.41. The number of nitrogens with one attached hydrogen (secondary N) is 1. The second-order valence-electron chi connectivity index (χ2n) is 4.58. The van der Waals surface area contributed by atoms with E-state index in [1.165, 1.54) is 0 Å². The minimum absolute atomic E-state index is 0.411. The highest BCUT2D eigenvalue weighted by Gasteiger charge is 2.05. The van der Waals surface area contributed by atoms with Crippen LogP contribution in [0.15, 0.2) is 34.8 Å². The van der Waals surface area contributed by atoms with Crippen LogP contribution in [-0.4, -0.2) is 16.2 Å². The van der Waals surface area contributed by atoms with Crippen molar-refractivity contribution in [3.8, 4) is 11.6 Å². The molecule has 0 aliphatic rings. The molecule has 1 aromatic heterocycles. The van der Waals surface area contributed by atoms with Gasteiger partial charge in [0.15, 0.2) is 0 Å². The zero-order valence-corrected chi connectivity index (χ0v) is 13.6. The van der Waals surface area contributed by atoms with Crippen molar-refractivity contribution in [2.45, 2.75) is 26.4 Å². The summed E-state index contributed by atoms with van der Waals surface area (Å²) in [5.74, 6) is 0.972. The highest BCUT2D eigenvalue weighted by molar-refractivity contribution is 9.10. The molecule has 2 aromatic rings. The SMILES string of the molecule is CC(C)NCc1ccc(Oc2ccc(Br)cc2Cl)nn1. The van der Waals surface area contributed by atoms with Crippen LogP contribution < -0.4 is 10.1 Å². The lowest BCUT2D eigenvalue weighted by Crippen LogP contribution is -2.22. The lowest BCUT2D eigenvalue weighted by molar-refractivity contribution is 0.452. The molecule has 0 atom stereocenters. The number of aromatic nitrogens is 2. The maximum Gasteiger partial charge on any atom is 0.238 e. The molecule has 0 aliphatic heterocycles. The van der Waals surface area contributed by atoms with E-state index in [9.17, 15) is 0 Å². The maximum absolute atomic E-state index is 6.08. The van der Waals surface area contributed by atoms with Gasteiger partial charge >= 0.3 is 0 Å². The summed E-state index contributed by atoms with van der Waals surface area (Å²) in [7, 11) is 0. The Bertz CT molecular complexity index is 575. The van der Waals surface area contributed by atoms with E-state index in [2.05, 4.69) is 45.3 Å². The van der Waals surface area contributed by atoms with E-state index < -0.39 is 0 Å². The first-order valence-corrected chi connectivity index (χ1v) is 7.40. The number of hydrogen-bond donors (Lipinski definition) is 1. The average molecular weight is 357 g/mol. The predicted molar refractivity (Wildman–Crippen MR) is 83.2 cm³/mol. The van der Waals surface area contributed by atoms with Crippen LogP contribution in [0.25, 0.3) is 0 Å². The molecule has 0 aliphatic carbocycles. The van der Waals surface area contributed by atoms with Gasteiger partial charge in [-0.2, -0.15) is 5.10 Å². The van der Waals surface area contributed by atoms with Crippen molar-refractivity contribution in [1.29, 1.82) is 0 Å². The van der Waals surface area contributed by atoms with Gasteiger partial charge in [0.2, 0.25) is 5.88 Å². The quantitative estimate of drug-likeness (QED) is 0.873. The van der Waals surface area contributed by atoms with Gasteiger partial charge in [0.25, 0.3) is 0 Å². The van der Waals surface area contributed by atoms with Gasteiger partial charge in [-0.3, -0.25) is 0 Å². The summed E-state index contributed by atoms with van der Waals surface area (Å²) >= 11 is 9.43. The number of rotatable bonds is 5. The van der Waals surface area contributed by atoms with Crippen LogP contribution in [0.2, 0.25) is 5.02 Å². The maximum atomic E-state index is 6.08. The number of halogens is 2. The smallest absolute Gasteiger partial charge is 0.238 e. The van der Waals surface area contributed by atoms with Crippen molar-refractivity contribution in [3.05, 3.63) is 45.5 Å². The van der Waals surface area contributed by atoms with E-state index in [-0.39, 0.29) is 0 Å². The van der Waals surface area contributed by atoms with Gasteiger partial charge < -0.3 is 10.1 Å². The lowest BCUT2D eigenvalue weighted by Gasteiger charge is -2.08. The Kier molecular flexibility index (Phi) is 5.34. The third kappa shape index (κ3) is 4.44. The Hall–Kier alpha value is -1.17. The van der Waals surface area contributed by atoms with E-state index in [1.807, 2.05) is 12.1 Å². The lowest BCUT2D eigenvalue weighted by atomic mass is 10.3. The van der Waals surface area contributed by atoms with Gasteiger partial charge in [0.05, 0.1) is 10.7 Å². The molecular formula is C14H15BrClN3O. The van der Waals surface area contributed by atoms with Gasteiger partial charge in [0.1, 0.15) is 5.75 Å². The molecule has 6 heteroatoms. The summed E-state index contributed by atoms with van der Waals surface area (Å²) < 4.78 is 6.50. The molecular weight excluding hydrogens is 342 g/mol. The van der Waals surface area contributed by atoms with Crippen molar-refractivity contribution in [2.24, 2.45) is 0 Å². The van der Waals surface area contributed by atoms with Gasteiger partial charge in [-0.15, -0.1) is 5.10 Å². The van der Waals surface area contributed by atoms with Gasteiger partial charge in [-0.05, 0) is 24.3 Å². The van der Waals surface area contributed by atoms with Crippen molar-refractivity contribution < 1.29 is 4.74 Å². The highest BCUT2D eigenvalue weighted by atomic mass is 79.9. The van der Waals surface area contributed by atoms with Crippen molar-refractivity contribution in [3.63, 3.8) is 0 Å². The van der Waals surface area contributed by atoms with E-state index in [0.29, 0.717) is 29.2 Å². The minimum Gasteiger partial charge on any atom is -0.436 e. The van der Waals surface area contributed by atoms with Crippen LogP contribution >= 0.6 is 27.5 Å². The third-order valence-corrected chi connectivity index (χ3v) is 3.28. The van der Waals surface area contributed by atoms with E-state index in [0.717, 1.165) is 10.2 Å². The summed E-state index contributed by atoms with van der Waals surface area (Å²) in [6, 6.07) is 9.48. The number of benzene rings is 1. The Balaban J connectivity index is 2.03. The monoisotopic (exact) mass is 355 g/mol. The molecule has 1 aromatic carbocycles. The fourth-order valence-electron chi connectivity index (χ4n) is 1.48. The third-order valence-electron chi connectivity index (χ3n) is 2.50. The molecule has 106 valence electrons. The molecule has 20 heavy (non-hydrogen) atoms. The number of hydrogen-bond acceptors (Lipinski definition) is 4. The summed E-state index contributed by atoms with van der Waals surface area (Å²) in [6.07, 6.45) is 0. The molecule has 0 saturated heterocycles. The number of ether oxygens (including phenoxy) is 1. The second kappa shape index (κ2) is 7.02. The van der Waals surface area contributed by atoms with Crippen LogP contribution in [0.3, 0.4) is 0 Å². The highest BCUT2D eigenvalue weighted by Crippen LogP contribution is 2.30. The molecule has 0 bridgehead atoms. The van der Waals surface area contributed by atoms with Crippen LogP contribution in [0.1, 0.15) is 19.5 Å². The van der Waals surface area contributed by atoms with Crippen LogP contribution in [0.5, 0.6) is 11.6 Å². The first-order chi connectivity index (χ1) is 9.54. The molecule has 0 fully saturated rings. The number of nitrogens with zero attached hydrogens (tertiary/aromatic N) is 2. The van der Waals surface area contributed by atoms with Gasteiger partial charge in [-0.25, -0.2) is 0 Å². The Morgan fingerprint density at radius 2 is 2.05 bits per heavy atom. The summed E-state index contributed by atoms with van der Waals surface area (Å²) in [5.41, 5.74) is 0.868. The van der Waals surface area contributed by atoms with Crippen molar-refractivity contribution >= 4 is 27.5 Å². The molecule has 0 radical (unpaired) electrons. The molecule has 0 spiro atoms. The van der Waals surface area contributed by atoms with Crippen LogP contribution in [0, 0.1) is 0 Å². The molecule has 0 saturated carbocycles. The summed E-state index contributed by atoms with van der Waals surface area (Å²) in [5, 5.41) is 11.9. The Labute approximate surface area is 131 Å². The van der Waals surface area contributed by atoms with E-state index >= 15 is 0 Å². The van der Waals surface area contributed by atoms with Crippen molar-refractivity contribution in [2.75, 3.05) is 0 Å². The Morgan fingerprint density at radius 1 is 1.25 bits per heavy atom. The fraction of sp³-hybridized carbons (Fsp3) is 0.286. The molecule has 0 amide bonds. The first-order valence-electron chi connectivity index (χ1n) is 6.23. The molecule has 1 N–H and O–H groups in total. The standard InChI is InChI=1S/C14H15BrClN3O/c1-9(2)17-8-11-4-6-14(19-18-11)20-13-5-3-10(15)7-12(13)16/h3-7,9,17H,8H2,1-2H3. The molecule has 1 heterocycles. The van der Waals surface area contributed by atoms with Crippen LogP contribution in [0.4, 0.5) is 0 Å². The zero-order chi connectivity index (χ0) is 14.5. The molecule has 4 nitrogen and oxygen atoms in total. The predicted octanol–water partition coefficient (Wildman–Crippen LogP) is 4.18. The first kappa shape index (κ1) is 15.2. The normalized spacial score (nSPS) is 10.8. The van der Waals surface area contributed by atoms with E-state index in [1.54, 1.807) is 18.2 Å². The summed E-state index contributed by atoms with van der Waals surface area (Å²) in [4.78, 5) is 0. The van der Waals surface area contributed by atoms with E-state index in [4.69, 9.17) is 16.3 Å². The van der Waals surface area contributed by atoms with Gasteiger partial charge in [-0.1, -0.05) is 41.4 Å². The molecule has 2 rings (SSSR count). The second-order valence-corrected chi connectivity index (χ2v) is 5.90. The Morgan fingerprint density at radius 3 is 2.65 bits per heavy atom. The van der Waals surface area contributed by atoms with Crippen molar-refractivity contribution in [1.82, 2.24) is 15.5 Å². The zero-order valence-electron chi connectivity index (χ0n) is 11.2. The largest absolute Gasteiger partial charge is 0.436 e. The van der Waals surface area contributed by atoms with Crippen LogP contribution in [-0.2, 0) is 6.54 Å².